The SMILES string of the molecule is COC(=O)CCN(CCCNC(C)=O)C(=O)c1ccc(Br)cc1. The number of ether oxygens (including phenoxy) is 1. The zero-order valence-corrected chi connectivity index (χ0v) is 14.9. The second kappa shape index (κ2) is 9.99. The van der Waals surface area contributed by atoms with E-state index >= 15 is 0 Å². The van der Waals surface area contributed by atoms with Crippen LogP contribution in [0, 0.1) is 0 Å². The summed E-state index contributed by atoms with van der Waals surface area (Å²) >= 11 is 3.33. The molecule has 126 valence electrons. The molecule has 0 aliphatic carbocycles. The molecule has 0 fully saturated rings. The first kappa shape index (κ1) is 19.2. The maximum atomic E-state index is 12.6. The van der Waals surface area contributed by atoms with E-state index in [1.54, 1.807) is 29.2 Å². The first-order valence-corrected chi connectivity index (χ1v) is 8.09. The highest BCUT2D eigenvalue weighted by molar-refractivity contribution is 9.10. The van der Waals surface area contributed by atoms with E-state index in [1.165, 1.54) is 14.0 Å². The monoisotopic (exact) mass is 384 g/mol. The van der Waals surface area contributed by atoms with E-state index in [0.717, 1.165) is 4.47 Å². The normalized spacial score (nSPS) is 10.0. The predicted octanol–water partition coefficient (Wildman–Crippen LogP) is 1.98. The highest BCUT2D eigenvalue weighted by Crippen LogP contribution is 2.13. The second-order valence-electron chi connectivity index (χ2n) is 4.96. The molecule has 0 aliphatic rings. The topological polar surface area (TPSA) is 75.7 Å². The molecule has 0 heterocycles. The molecular weight excluding hydrogens is 364 g/mol. The summed E-state index contributed by atoms with van der Waals surface area (Å²) in [6.45, 7) is 2.66. The number of carbonyl (C=O) groups excluding carboxylic acids is 3. The molecule has 0 aliphatic heterocycles. The average molecular weight is 385 g/mol. The molecule has 0 bridgehead atoms. The van der Waals surface area contributed by atoms with Gasteiger partial charge in [0.1, 0.15) is 0 Å². The zero-order chi connectivity index (χ0) is 17.2. The molecule has 2 amide bonds. The lowest BCUT2D eigenvalue weighted by atomic mass is 10.2. The van der Waals surface area contributed by atoms with Crippen LogP contribution in [0.25, 0.3) is 0 Å². The van der Waals surface area contributed by atoms with E-state index in [9.17, 15) is 14.4 Å². The Morgan fingerprint density at radius 2 is 1.83 bits per heavy atom. The molecule has 0 saturated carbocycles. The van der Waals surface area contributed by atoms with Crippen molar-refractivity contribution in [3.63, 3.8) is 0 Å². The van der Waals surface area contributed by atoms with Crippen LogP contribution in [0.5, 0.6) is 0 Å². The highest BCUT2D eigenvalue weighted by atomic mass is 79.9. The maximum Gasteiger partial charge on any atom is 0.307 e. The van der Waals surface area contributed by atoms with Gasteiger partial charge in [-0.25, -0.2) is 0 Å². The van der Waals surface area contributed by atoms with Crippen molar-refractivity contribution in [3.8, 4) is 0 Å². The Morgan fingerprint density at radius 1 is 1.17 bits per heavy atom. The van der Waals surface area contributed by atoms with Crippen LogP contribution in [0.3, 0.4) is 0 Å². The zero-order valence-electron chi connectivity index (χ0n) is 13.3. The number of amides is 2. The van der Waals surface area contributed by atoms with Gasteiger partial charge in [-0.3, -0.25) is 14.4 Å². The van der Waals surface area contributed by atoms with Crippen molar-refractivity contribution in [1.29, 1.82) is 0 Å². The van der Waals surface area contributed by atoms with Crippen molar-refractivity contribution in [3.05, 3.63) is 34.3 Å². The molecule has 0 aromatic heterocycles. The Morgan fingerprint density at radius 3 is 2.39 bits per heavy atom. The summed E-state index contributed by atoms with van der Waals surface area (Å²) in [5.74, 6) is -0.616. The fourth-order valence-corrected chi connectivity index (χ4v) is 2.22. The van der Waals surface area contributed by atoms with Crippen LogP contribution in [0.4, 0.5) is 0 Å². The van der Waals surface area contributed by atoms with Crippen molar-refractivity contribution in [2.45, 2.75) is 19.8 Å². The third-order valence-electron chi connectivity index (χ3n) is 3.17. The molecule has 0 radical (unpaired) electrons. The Kier molecular flexibility index (Phi) is 8.32. The average Bonchev–Trinajstić information content (AvgIpc) is 2.53. The van der Waals surface area contributed by atoms with Gasteiger partial charge in [-0.2, -0.15) is 0 Å². The van der Waals surface area contributed by atoms with Crippen LogP contribution in [-0.2, 0) is 14.3 Å². The van der Waals surface area contributed by atoms with Crippen LogP contribution >= 0.6 is 15.9 Å². The predicted molar refractivity (Wildman–Crippen MR) is 90.0 cm³/mol. The van der Waals surface area contributed by atoms with Crippen molar-refractivity contribution in [2.75, 3.05) is 26.7 Å². The van der Waals surface area contributed by atoms with Crippen molar-refractivity contribution in [2.24, 2.45) is 0 Å². The van der Waals surface area contributed by atoms with E-state index in [4.69, 9.17) is 0 Å². The molecule has 1 aromatic rings. The van der Waals surface area contributed by atoms with Gasteiger partial charge in [-0.05, 0) is 30.7 Å². The minimum atomic E-state index is -0.361. The summed E-state index contributed by atoms with van der Waals surface area (Å²) in [5, 5.41) is 2.69. The van der Waals surface area contributed by atoms with Crippen molar-refractivity contribution >= 4 is 33.7 Å². The van der Waals surface area contributed by atoms with E-state index in [-0.39, 0.29) is 30.7 Å². The lowest BCUT2D eigenvalue weighted by Gasteiger charge is -2.22. The lowest BCUT2D eigenvalue weighted by molar-refractivity contribution is -0.140. The van der Waals surface area contributed by atoms with Gasteiger partial charge >= 0.3 is 5.97 Å². The lowest BCUT2D eigenvalue weighted by Crippen LogP contribution is -2.35. The molecule has 0 spiro atoms. The summed E-state index contributed by atoms with van der Waals surface area (Å²) < 4.78 is 5.51. The number of nitrogens with zero attached hydrogens (tertiary/aromatic N) is 1. The quantitative estimate of drug-likeness (QED) is 0.549. The molecule has 0 unspecified atom stereocenters. The van der Waals surface area contributed by atoms with Crippen LogP contribution < -0.4 is 5.32 Å². The third-order valence-corrected chi connectivity index (χ3v) is 3.70. The summed E-state index contributed by atoms with van der Waals surface area (Å²) in [6.07, 6.45) is 0.752. The minimum Gasteiger partial charge on any atom is -0.469 e. The minimum absolute atomic E-state index is 0.106. The number of hydrogen-bond acceptors (Lipinski definition) is 4. The molecular formula is C16H21BrN2O4. The maximum absolute atomic E-state index is 12.6. The number of rotatable bonds is 8. The van der Waals surface area contributed by atoms with Crippen LogP contribution in [0.2, 0.25) is 0 Å². The largest absolute Gasteiger partial charge is 0.469 e. The number of methoxy groups -OCH3 is 1. The number of halogens is 1. The number of benzene rings is 1. The number of nitrogens with one attached hydrogen (secondary N) is 1. The number of esters is 1. The summed E-state index contributed by atoms with van der Waals surface area (Å²) in [5.41, 5.74) is 0.553. The van der Waals surface area contributed by atoms with Gasteiger partial charge in [0.2, 0.25) is 5.91 Å². The van der Waals surface area contributed by atoms with Gasteiger partial charge in [-0.1, -0.05) is 15.9 Å². The molecule has 1 rings (SSSR count). The molecule has 1 N–H and O–H groups in total. The smallest absolute Gasteiger partial charge is 0.307 e. The van der Waals surface area contributed by atoms with Gasteiger partial charge in [0.25, 0.3) is 5.91 Å². The van der Waals surface area contributed by atoms with Crippen molar-refractivity contribution in [1.82, 2.24) is 10.2 Å². The molecule has 0 saturated heterocycles. The fraction of sp³-hybridized carbons (Fsp3) is 0.438. The molecule has 6 nitrogen and oxygen atoms in total. The standard InChI is InChI=1S/C16H21BrN2O4/c1-12(20)18-9-3-10-19(11-8-15(21)23-2)16(22)13-4-6-14(17)7-5-13/h4-7H,3,8-11H2,1-2H3,(H,18,20). The van der Waals surface area contributed by atoms with Gasteiger partial charge in [0.15, 0.2) is 0 Å². The van der Waals surface area contributed by atoms with Crippen LogP contribution in [-0.4, -0.2) is 49.4 Å². The summed E-state index contributed by atoms with van der Waals surface area (Å²) in [6, 6.07) is 7.04. The van der Waals surface area contributed by atoms with Crippen LogP contribution in [0.1, 0.15) is 30.1 Å². The molecule has 23 heavy (non-hydrogen) atoms. The Bertz CT molecular complexity index is 546. The van der Waals surface area contributed by atoms with Crippen molar-refractivity contribution < 1.29 is 19.1 Å². The Labute approximate surface area is 144 Å². The van der Waals surface area contributed by atoms with Crippen LogP contribution in [0.15, 0.2) is 28.7 Å². The Balaban J connectivity index is 2.68. The Hall–Kier alpha value is -1.89. The van der Waals surface area contributed by atoms with Gasteiger partial charge < -0.3 is 15.0 Å². The summed E-state index contributed by atoms with van der Waals surface area (Å²) in [4.78, 5) is 36.3. The first-order chi connectivity index (χ1) is 10.9. The van der Waals surface area contributed by atoms with Gasteiger partial charge in [0, 0.05) is 36.6 Å². The number of carbonyl (C=O) groups is 3. The molecule has 1 aromatic carbocycles. The molecule has 0 atom stereocenters. The summed E-state index contributed by atoms with van der Waals surface area (Å²) in [7, 11) is 1.32. The van der Waals surface area contributed by atoms with E-state index in [0.29, 0.717) is 25.1 Å². The first-order valence-electron chi connectivity index (χ1n) is 7.30. The number of hydrogen-bond donors (Lipinski definition) is 1. The highest BCUT2D eigenvalue weighted by Gasteiger charge is 2.17. The molecule has 7 heteroatoms. The van der Waals surface area contributed by atoms with Gasteiger partial charge in [0.05, 0.1) is 13.5 Å². The fourth-order valence-electron chi connectivity index (χ4n) is 1.95. The third kappa shape index (κ3) is 7.27. The van der Waals surface area contributed by atoms with E-state index < -0.39 is 0 Å². The van der Waals surface area contributed by atoms with E-state index in [2.05, 4.69) is 26.0 Å². The second-order valence-corrected chi connectivity index (χ2v) is 5.88. The van der Waals surface area contributed by atoms with Gasteiger partial charge in [-0.15, -0.1) is 0 Å². The van der Waals surface area contributed by atoms with E-state index in [1.807, 2.05) is 0 Å².